The van der Waals surface area contributed by atoms with Crippen molar-refractivity contribution >= 4 is 68.9 Å². The summed E-state index contributed by atoms with van der Waals surface area (Å²) in [6, 6.07) is 21.7. The molecule has 3 aromatic carbocycles. The predicted molar refractivity (Wildman–Crippen MR) is 206 cm³/mol. The molecular formula is C38H29BrClF3N8O4. The van der Waals surface area contributed by atoms with Gasteiger partial charge in [-0.3, -0.25) is 19.1 Å². The molecule has 0 spiro atoms. The van der Waals surface area contributed by atoms with Crippen molar-refractivity contribution in [1.29, 1.82) is 0 Å². The predicted octanol–water partition coefficient (Wildman–Crippen LogP) is 8.06. The summed E-state index contributed by atoms with van der Waals surface area (Å²) in [4.78, 5) is 46.9. The summed E-state index contributed by atoms with van der Waals surface area (Å²) in [5, 5.41) is 9.37. The molecule has 0 atom stereocenters. The Morgan fingerprint density at radius 1 is 0.855 bits per heavy atom. The second-order valence-corrected chi connectivity index (χ2v) is 13.5. The number of aldehydes is 1. The summed E-state index contributed by atoms with van der Waals surface area (Å²) in [5.74, 6) is -0.341. The molecule has 6 rings (SSSR count). The first-order chi connectivity index (χ1) is 26.1. The van der Waals surface area contributed by atoms with Gasteiger partial charge >= 0.3 is 6.18 Å². The van der Waals surface area contributed by atoms with Crippen LogP contribution in [0.2, 0.25) is 5.02 Å². The summed E-state index contributed by atoms with van der Waals surface area (Å²) in [6.07, 6.45) is -3.74. The van der Waals surface area contributed by atoms with E-state index in [9.17, 15) is 27.6 Å². The molecule has 0 fully saturated rings. The van der Waals surface area contributed by atoms with E-state index in [1.54, 1.807) is 66.7 Å². The maximum atomic E-state index is 13.4. The first-order valence-electron chi connectivity index (χ1n) is 16.1. The van der Waals surface area contributed by atoms with Crippen molar-refractivity contribution in [2.75, 3.05) is 29.2 Å². The maximum Gasteiger partial charge on any atom is 0.435 e. The summed E-state index contributed by atoms with van der Waals surface area (Å²) in [6.45, 7) is 0. The van der Waals surface area contributed by atoms with Gasteiger partial charge in [0.25, 0.3) is 11.8 Å². The van der Waals surface area contributed by atoms with E-state index < -0.39 is 23.7 Å². The number of rotatable bonds is 10. The molecule has 0 saturated heterocycles. The number of nitrogens with one attached hydrogen (secondary N) is 2. The Hall–Kier alpha value is -6.26. The Labute approximate surface area is 324 Å². The normalized spacial score (nSPS) is 11.3. The third-order valence-corrected chi connectivity index (χ3v) is 9.09. The number of hydrogen-bond donors (Lipinski definition) is 4. The molecule has 17 heteroatoms. The number of carbonyl (C=O) groups excluding carboxylic acids is 3. The molecule has 3 aromatic heterocycles. The van der Waals surface area contributed by atoms with Crippen LogP contribution in [0.5, 0.6) is 5.75 Å². The zero-order valence-electron chi connectivity index (χ0n) is 28.8. The lowest BCUT2D eigenvalue weighted by Gasteiger charge is -2.16. The van der Waals surface area contributed by atoms with Crippen LogP contribution < -0.4 is 26.8 Å². The fourth-order valence-electron chi connectivity index (χ4n) is 5.76. The van der Waals surface area contributed by atoms with Crippen LogP contribution >= 0.6 is 27.5 Å². The number of nitrogens with zero attached hydrogens (tertiary/aromatic N) is 4. The number of anilines is 4. The zero-order valence-corrected chi connectivity index (χ0v) is 31.2. The smallest absolute Gasteiger partial charge is 0.435 e. The largest absolute Gasteiger partial charge is 0.496 e. The average molecular weight is 834 g/mol. The molecule has 0 aliphatic carbocycles. The van der Waals surface area contributed by atoms with Crippen molar-refractivity contribution in [2.24, 2.45) is 7.05 Å². The lowest BCUT2D eigenvalue weighted by molar-refractivity contribution is -0.141. The number of nitrogens with two attached hydrogens (primary N) is 2. The molecule has 280 valence electrons. The molecular weight excluding hydrogens is 805 g/mol. The van der Waals surface area contributed by atoms with Crippen LogP contribution in [-0.2, 0) is 19.6 Å². The van der Waals surface area contributed by atoms with Gasteiger partial charge in [-0.05, 0) is 102 Å². The number of alkyl halides is 3. The number of nitrogen functional groups attached to an aromatic ring is 2. The van der Waals surface area contributed by atoms with Gasteiger partial charge in [-0.1, -0.05) is 27.5 Å². The monoisotopic (exact) mass is 832 g/mol. The number of aryl methyl sites for hydroxylation is 1. The van der Waals surface area contributed by atoms with Crippen molar-refractivity contribution in [3.8, 4) is 28.1 Å². The molecule has 0 bridgehead atoms. The number of hydrogen-bond acceptors (Lipinski definition) is 9. The van der Waals surface area contributed by atoms with E-state index in [1.165, 1.54) is 26.3 Å². The van der Waals surface area contributed by atoms with Gasteiger partial charge in [0.05, 0.1) is 12.8 Å². The highest BCUT2D eigenvalue weighted by molar-refractivity contribution is 9.10. The Morgan fingerprint density at radius 3 is 2.04 bits per heavy atom. The molecule has 0 aliphatic rings. The number of halogens is 5. The Kier molecular flexibility index (Phi) is 10.9. The van der Waals surface area contributed by atoms with E-state index in [2.05, 4.69) is 41.6 Å². The third-order valence-electron chi connectivity index (χ3n) is 8.38. The molecule has 0 aliphatic heterocycles. The summed E-state index contributed by atoms with van der Waals surface area (Å²) >= 11 is 9.38. The average Bonchev–Trinajstić information content (AvgIpc) is 3.53. The van der Waals surface area contributed by atoms with Gasteiger partial charge in [-0.15, -0.1) is 0 Å². The van der Waals surface area contributed by atoms with Gasteiger partial charge in [0.15, 0.2) is 5.69 Å². The van der Waals surface area contributed by atoms with Crippen LogP contribution in [0.4, 0.5) is 36.4 Å². The van der Waals surface area contributed by atoms with E-state index in [1.807, 2.05) is 0 Å². The maximum absolute atomic E-state index is 13.4. The number of carbonyl (C=O) groups is 3. The van der Waals surface area contributed by atoms with Crippen LogP contribution in [0.3, 0.4) is 0 Å². The summed E-state index contributed by atoms with van der Waals surface area (Å²) in [5.41, 5.74) is 14.9. The number of amides is 2. The highest BCUT2D eigenvalue weighted by Gasteiger charge is 2.35. The fraction of sp³-hybridized carbons (Fsp3) is 0.105. The van der Waals surface area contributed by atoms with Gasteiger partial charge in [0, 0.05) is 49.9 Å². The van der Waals surface area contributed by atoms with E-state index in [0.717, 1.165) is 10.7 Å². The quantitative estimate of drug-likeness (QED) is 0.0994. The molecule has 0 radical (unpaired) electrons. The first kappa shape index (κ1) is 38.5. The van der Waals surface area contributed by atoms with Crippen LogP contribution in [0.25, 0.3) is 22.4 Å². The van der Waals surface area contributed by atoms with Crippen molar-refractivity contribution in [3.05, 3.63) is 128 Å². The van der Waals surface area contributed by atoms with Crippen LogP contribution in [0, 0.1) is 0 Å². The van der Waals surface area contributed by atoms with Crippen molar-refractivity contribution < 1.29 is 32.3 Å². The highest BCUT2D eigenvalue weighted by Crippen LogP contribution is 2.37. The van der Waals surface area contributed by atoms with Crippen LogP contribution in [0.15, 0.2) is 89.4 Å². The second kappa shape index (κ2) is 15.6. The van der Waals surface area contributed by atoms with E-state index >= 15 is 0 Å². The Balaban J connectivity index is 1.23. The number of methoxy groups -OCH3 is 1. The number of benzene rings is 3. The van der Waals surface area contributed by atoms with Gasteiger partial charge in [0.1, 0.15) is 35.3 Å². The van der Waals surface area contributed by atoms with Crippen molar-refractivity contribution in [3.63, 3.8) is 0 Å². The first-order valence-corrected chi connectivity index (χ1v) is 17.3. The van der Waals surface area contributed by atoms with Gasteiger partial charge < -0.3 is 26.8 Å². The van der Waals surface area contributed by atoms with Crippen LogP contribution in [-0.4, -0.2) is 45.0 Å². The zero-order chi connectivity index (χ0) is 39.6. The minimum atomic E-state index is -4.64. The fourth-order valence-corrected chi connectivity index (χ4v) is 6.42. The summed E-state index contributed by atoms with van der Waals surface area (Å²) in [7, 11) is 2.81. The minimum Gasteiger partial charge on any atom is -0.496 e. The third kappa shape index (κ3) is 8.60. The van der Waals surface area contributed by atoms with Crippen molar-refractivity contribution in [1.82, 2.24) is 19.7 Å². The number of aromatic nitrogens is 4. The van der Waals surface area contributed by atoms with Gasteiger partial charge in [-0.25, -0.2) is 9.97 Å². The van der Waals surface area contributed by atoms with Crippen molar-refractivity contribution in [2.45, 2.75) is 12.6 Å². The van der Waals surface area contributed by atoms with Gasteiger partial charge in [0.2, 0.25) is 0 Å². The van der Waals surface area contributed by atoms with Crippen LogP contribution in [0.1, 0.15) is 47.9 Å². The number of pyridine rings is 2. The molecule has 6 aromatic rings. The Bertz CT molecular complexity index is 2470. The SMILES string of the molecule is COc1cc(C=O)c(Cc2cc(Br)cc(C(=O)Nc3ccc(-c4cc(C(F)(F)F)nn4C)c(N)n3)c2)cc1-c1ccc(NC(=O)c2ccc(Cl)cc2)nc1N. The lowest BCUT2D eigenvalue weighted by Crippen LogP contribution is -2.14. The molecule has 0 unspecified atom stereocenters. The number of ether oxygens (including phenoxy) is 1. The molecule has 3 heterocycles. The van der Waals surface area contributed by atoms with Gasteiger partial charge in [-0.2, -0.15) is 18.3 Å². The molecule has 12 nitrogen and oxygen atoms in total. The van der Waals surface area contributed by atoms with E-state index in [-0.39, 0.29) is 46.5 Å². The highest BCUT2D eigenvalue weighted by atomic mass is 79.9. The molecule has 55 heavy (non-hydrogen) atoms. The second-order valence-electron chi connectivity index (χ2n) is 12.1. The molecule has 2 amide bonds. The Morgan fingerprint density at radius 2 is 1.47 bits per heavy atom. The summed E-state index contributed by atoms with van der Waals surface area (Å²) < 4.78 is 46.8. The minimum absolute atomic E-state index is 0.0655. The van der Waals surface area contributed by atoms with E-state index in [0.29, 0.717) is 54.9 Å². The molecule has 0 saturated carbocycles. The van der Waals surface area contributed by atoms with E-state index in [4.69, 9.17) is 27.8 Å². The topological polar surface area (TPSA) is 180 Å². The standard InChI is InChI=1S/C38H29BrClF3N8O4/c1-51-29(17-31(50-51)38(41,42)43)27-8-10-33(47-35(27)45)49-37(54)22-12-19(13-24(39)14-22)11-21-15-28(30(55-2)16-23(21)18-52)26-7-9-32(46-34(26)44)48-36(53)20-3-5-25(40)6-4-20/h3-10,12-18H,11H2,1-2H3,(H3,44,46,48,53)(H3,45,47,49,54). The lowest BCUT2D eigenvalue weighted by atomic mass is 9.94. The molecule has 6 N–H and O–H groups in total.